The van der Waals surface area contributed by atoms with Crippen LogP contribution in [0.4, 0.5) is 0 Å². The minimum absolute atomic E-state index is 0. The second-order valence-electron chi connectivity index (χ2n) is 4.94. The molecule has 0 aliphatic heterocycles. The Hall–Kier alpha value is -0.666. The van der Waals surface area contributed by atoms with Crippen LogP contribution in [0.1, 0.15) is 29.3 Å². The van der Waals surface area contributed by atoms with Crippen molar-refractivity contribution in [2.75, 3.05) is 0 Å². The van der Waals surface area contributed by atoms with E-state index in [1.54, 1.807) is 18.2 Å². The van der Waals surface area contributed by atoms with E-state index in [9.17, 15) is 4.79 Å². The van der Waals surface area contributed by atoms with Gasteiger partial charge in [-0.2, -0.15) is 30.3 Å². The van der Waals surface area contributed by atoms with Gasteiger partial charge in [-0.15, -0.1) is 5.56 Å². The van der Waals surface area contributed by atoms with Crippen molar-refractivity contribution in [1.82, 2.24) is 5.32 Å². The molecule has 117 valence electrons. The SMILES string of the molecule is CC(C/C=C/c1cc[c-]cc1)NC(=O)c1c(Cl)cccc1Cl.[Y]. The summed E-state index contributed by atoms with van der Waals surface area (Å²) in [5, 5.41) is 3.61. The molecule has 0 heterocycles. The Kier molecular flexibility index (Phi) is 9.08. The molecule has 0 aliphatic rings. The van der Waals surface area contributed by atoms with Crippen LogP contribution in [0.5, 0.6) is 0 Å². The summed E-state index contributed by atoms with van der Waals surface area (Å²) >= 11 is 12.1. The first-order valence-corrected chi connectivity index (χ1v) is 7.71. The van der Waals surface area contributed by atoms with Crippen LogP contribution < -0.4 is 5.32 Å². The third-order valence-electron chi connectivity index (χ3n) is 3.11. The summed E-state index contributed by atoms with van der Waals surface area (Å²) in [4.78, 5) is 12.2. The first-order valence-electron chi connectivity index (χ1n) is 6.95. The molecule has 23 heavy (non-hydrogen) atoms. The predicted octanol–water partition coefficient (Wildman–Crippen LogP) is 5.01. The zero-order chi connectivity index (χ0) is 15.9. The quantitative estimate of drug-likeness (QED) is 0.675. The molecular weight excluding hydrogens is 406 g/mol. The number of halogens is 2. The minimum atomic E-state index is -0.259. The average Bonchev–Trinajstić information content (AvgIpc) is 2.48. The summed E-state index contributed by atoms with van der Waals surface area (Å²) < 4.78 is 0. The summed E-state index contributed by atoms with van der Waals surface area (Å²) in [5.41, 5.74) is 1.42. The number of rotatable bonds is 5. The Morgan fingerprint density at radius 3 is 2.43 bits per heavy atom. The van der Waals surface area contributed by atoms with E-state index in [0.29, 0.717) is 22.0 Å². The molecule has 0 bridgehead atoms. The number of amides is 1. The zero-order valence-corrected chi connectivity index (χ0v) is 17.1. The van der Waals surface area contributed by atoms with Gasteiger partial charge in [0.15, 0.2) is 0 Å². The van der Waals surface area contributed by atoms with Gasteiger partial charge in [0.1, 0.15) is 0 Å². The molecule has 1 radical (unpaired) electrons. The number of benzene rings is 2. The smallest absolute Gasteiger partial charge is 0.254 e. The number of nitrogens with one attached hydrogen (secondary N) is 1. The van der Waals surface area contributed by atoms with Crippen molar-refractivity contribution in [3.63, 3.8) is 0 Å². The predicted molar refractivity (Wildman–Crippen MR) is 92.3 cm³/mol. The van der Waals surface area contributed by atoms with Crippen molar-refractivity contribution >= 4 is 35.2 Å². The van der Waals surface area contributed by atoms with Gasteiger partial charge in [-0.1, -0.05) is 41.4 Å². The zero-order valence-electron chi connectivity index (χ0n) is 12.7. The third-order valence-corrected chi connectivity index (χ3v) is 3.74. The molecule has 0 aromatic heterocycles. The Balaban J connectivity index is 0.00000264. The van der Waals surface area contributed by atoms with Crippen LogP contribution in [0, 0.1) is 6.07 Å². The summed E-state index contributed by atoms with van der Waals surface area (Å²) in [6, 6.07) is 15.6. The van der Waals surface area contributed by atoms with Crippen LogP contribution >= 0.6 is 23.2 Å². The molecule has 2 rings (SSSR count). The molecule has 1 atom stereocenters. The second-order valence-corrected chi connectivity index (χ2v) is 5.76. The van der Waals surface area contributed by atoms with E-state index in [0.717, 1.165) is 5.56 Å². The van der Waals surface area contributed by atoms with Crippen LogP contribution in [0.2, 0.25) is 10.0 Å². The van der Waals surface area contributed by atoms with Crippen molar-refractivity contribution in [3.05, 3.63) is 75.8 Å². The van der Waals surface area contributed by atoms with Gasteiger partial charge in [-0.25, -0.2) is 0 Å². The van der Waals surface area contributed by atoms with Gasteiger partial charge in [0.05, 0.1) is 15.6 Å². The fourth-order valence-corrected chi connectivity index (χ4v) is 2.56. The van der Waals surface area contributed by atoms with E-state index >= 15 is 0 Å². The van der Waals surface area contributed by atoms with Crippen molar-refractivity contribution in [3.8, 4) is 0 Å². The maximum Gasteiger partial charge on any atom is 0.254 e. The first-order chi connectivity index (χ1) is 10.6. The second kappa shape index (κ2) is 10.3. The number of hydrogen-bond donors (Lipinski definition) is 1. The summed E-state index contributed by atoms with van der Waals surface area (Å²) in [5.74, 6) is -0.259. The van der Waals surface area contributed by atoms with Crippen LogP contribution in [0.3, 0.4) is 0 Å². The molecule has 1 amide bonds. The van der Waals surface area contributed by atoms with E-state index in [1.165, 1.54) is 0 Å². The molecule has 0 spiro atoms. The molecular formula is C18H16Cl2NOY-. The standard InChI is InChI=1S/C18H16Cl2NO.Y/c1-13(7-5-10-14-8-3-2-4-9-14)21-18(22)17-15(19)11-6-12-16(17)20;/h3-6,8-13H,7H2,1H3,(H,21,22);/q-1;/b10-5+;. The summed E-state index contributed by atoms with van der Waals surface area (Å²) in [6.45, 7) is 1.94. The number of carbonyl (C=O) groups is 1. The van der Waals surface area contributed by atoms with Crippen molar-refractivity contribution in [2.24, 2.45) is 0 Å². The van der Waals surface area contributed by atoms with E-state index in [-0.39, 0.29) is 44.7 Å². The average molecular weight is 422 g/mol. The number of hydrogen-bond acceptors (Lipinski definition) is 1. The summed E-state index contributed by atoms with van der Waals surface area (Å²) in [7, 11) is 0. The normalized spacial score (nSPS) is 11.8. The van der Waals surface area contributed by atoms with Gasteiger partial charge in [0.2, 0.25) is 0 Å². The van der Waals surface area contributed by atoms with Gasteiger partial charge >= 0.3 is 0 Å². The van der Waals surface area contributed by atoms with Gasteiger partial charge < -0.3 is 5.32 Å². The maximum atomic E-state index is 12.2. The van der Waals surface area contributed by atoms with Crippen LogP contribution in [0.25, 0.3) is 6.08 Å². The molecule has 5 heteroatoms. The van der Waals surface area contributed by atoms with Gasteiger partial charge in [0, 0.05) is 38.8 Å². The van der Waals surface area contributed by atoms with Crippen molar-refractivity contribution in [1.29, 1.82) is 0 Å². The Morgan fingerprint density at radius 1 is 1.22 bits per heavy atom. The maximum absolute atomic E-state index is 12.2. The molecule has 0 saturated heterocycles. The van der Waals surface area contributed by atoms with Crippen LogP contribution in [-0.4, -0.2) is 11.9 Å². The van der Waals surface area contributed by atoms with Gasteiger partial charge in [-0.05, 0) is 25.5 Å². The van der Waals surface area contributed by atoms with Crippen LogP contribution in [0.15, 0.2) is 48.5 Å². The Labute approximate surface area is 172 Å². The van der Waals surface area contributed by atoms with Crippen molar-refractivity contribution < 1.29 is 37.5 Å². The molecule has 2 aromatic carbocycles. The van der Waals surface area contributed by atoms with Crippen LogP contribution in [-0.2, 0) is 32.7 Å². The molecule has 0 fully saturated rings. The molecule has 1 unspecified atom stereocenters. The minimum Gasteiger partial charge on any atom is -0.349 e. The molecule has 2 aromatic rings. The molecule has 1 N–H and O–H groups in total. The van der Waals surface area contributed by atoms with E-state index < -0.39 is 0 Å². The van der Waals surface area contributed by atoms with E-state index in [4.69, 9.17) is 23.2 Å². The third kappa shape index (κ3) is 6.39. The Morgan fingerprint density at radius 2 is 1.83 bits per heavy atom. The molecule has 2 nitrogen and oxygen atoms in total. The molecule has 0 aliphatic carbocycles. The fraction of sp³-hybridized carbons (Fsp3) is 0.167. The van der Waals surface area contributed by atoms with E-state index in [2.05, 4.69) is 11.4 Å². The van der Waals surface area contributed by atoms with Gasteiger partial charge in [-0.3, -0.25) is 4.79 Å². The molecule has 0 saturated carbocycles. The number of carbonyl (C=O) groups excluding carboxylic acids is 1. The first kappa shape index (κ1) is 20.4. The Bertz CT molecular complexity index is 654. The van der Waals surface area contributed by atoms with Gasteiger partial charge in [0.25, 0.3) is 5.91 Å². The fourth-order valence-electron chi connectivity index (χ4n) is 1.99. The van der Waals surface area contributed by atoms with E-state index in [1.807, 2.05) is 43.3 Å². The monoisotopic (exact) mass is 421 g/mol. The topological polar surface area (TPSA) is 29.1 Å². The van der Waals surface area contributed by atoms with Crippen molar-refractivity contribution in [2.45, 2.75) is 19.4 Å². The largest absolute Gasteiger partial charge is 0.349 e. The summed E-state index contributed by atoms with van der Waals surface area (Å²) in [6.07, 6.45) is 4.75.